The van der Waals surface area contributed by atoms with Gasteiger partial charge in [0.05, 0.1) is 24.9 Å². The molecular formula is C18H16Cl2N2O4S. The van der Waals surface area contributed by atoms with Crippen molar-refractivity contribution in [2.45, 2.75) is 11.8 Å². The van der Waals surface area contributed by atoms with Gasteiger partial charge >= 0.3 is 0 Å². The zero-order chi connectivity index (χ0) is 19.8. The SMILES string of the molecule is COc1ccc(S(=O)(=O)Nc2c(C)cnc3c(OC)cccc23)c(Cl)c1Cl. The summed E-state index contributed by atoms with van der Waals surface area (Å²) in [4.78, 5) is 4.20. The van der Waals surface area contributed by atoms with Crippen molar-refractivity contribution in [3.05, 3.63) is 52.1 Å². The molecule has 0 spiro atoms. The molecule has 0 saturated carbocycles. The number of hydrogen-bond donors (Lipinski definition) is 1. The maximum atomic E-state index is 13.0. The Balaban J connectivity index is 2.15. The number of hydrogen-bond acceptors (Lipinski definition) is 5. The Bertz CT molecular complexity index is 1130. The van der Waals surface area contributed by atoms with Crippen LogP contribution < -0.4 is 14.2 Å². The lowest BCUT2D eigenvalue weighted by Crippen LogP contribution is -2.15. The summed E-state index contributed by atoms with van der Waals surface area (Å²) in [6, 6.07) is 8.07. The van der Waals surface area contributed by atoms with Gasteiger partial charge < -0.3 is 9.47 Å². The van der Waals surface area contributed by atoms with Crippen LogP contribution in [0.2, 0.25) is 10.0 Å². The fourth-order valence-corrected chi connectivity index (χ4v) is 4.66. The van der Waals surface area contributed by atoms with E-state index in [0.29, 0.717) is 27.9 Å². The molecule has 9 heteroatoms. The van der Waals surface area contributed by atoms with Crippen molar-refractivity contribution in [1.82, 2.24) is 4.98 Å². The molecule has 0 radical (unpaired) electrons. The van der Waals surface area contributed by atoms with Crippen molar-refractivity contribution in [1.29, 1.82) is 0 Å². The summed E-state index contributed by atoms with van der Waals surface area (Å²) in [5.41, 5.74) is 1.58. The van der Waals surface area contributed by atoms with Crippen LogP contribution in [0.1, 0.15) is 5.56 Å². The minimum atomic E-state index is -4.02. The van der Waals surface area contributed by atoms with Crippen LogP contribution in [-0.2, 0) is 10.0 Å². The summed E-state index contributed by atoms with van der Waals surface area (Å²) in [6.07, 6.45) is 1.57. The molecule has 1 aromatic heterocycles. The number of aromatic nitrogens is 1. The van der Waals surface area contributed by atoms with Gasteiger partial charge in [-0.1, -0.05) is 35.3 Å². The first-order valence-corrected chi connectivity index (χ1v) is 10.0. The quantitative estimate of drug-likeness (QED) is 0.641. The van der Waals surface area contributed by atoms with Crippen LogP contribution >= 0.6 is 23.2 Å². The van der Waals surface area contributed by atoms with Gasteiger partial charge in [0.25, 0.3) is 10.0 Å². The van der Waals surface area contributed by atoms with E-state index >= 15 is 0 Å². The van der Waals surface area contributed by atoms with Crippen molar-refractivity contribution in [2.75, 3.05) is 18.9 Å². The molecule has 3 aromatic rings. The number of nitrogens with one attached hydrogen (secondary N) is 1. The first-order valence-electron chi connectivity index (χ1n) is 7.77. The largest absolute Gasteiger partial charge is 0.495 e. The lowest BCUT2D eigenvalue weighted by molar-refractivity contribution is 0.414. The molecule has 6 nitrogen and oxygen atoms in total. The monoisotopic (exact) mass is 426 g/mol. The van der Waals surface area contributed by atoms with E-state index in [1.165, 1.54) is 26.4 Å². The summed E-state index contributed by atoms with van der Waals surface area (Å²) in [5.74, 6) is 0.828. The average molecular weight is 427 g/mol. The van der Waals surface area contributed by atoms with Gasteiger partial charge in [0.2, 0.25) is 0 Å². The highest BCUT2D eigenvalue weighted by Crippen LogP contribution is 2.38. The molecule has 0 bridgehead atoms. The second-order valence-electron chi connectivity index (χ2n) is 5.67. The van der Waals surface area contributed by atoms with E-state index < -0.39 is 10.0 Å². The second kappa shape index (κ2) is 7.42. The van der Waals surface area contributed by atoms with E-state index in [4.69, 9.17) is 32.7 Å². The van der Waals surface area contributed by atoms with Gasteiger partial charge in [0.15, 0.2) is 0 Å². The van der Waals surface area contributed by atoms with Gasteiger partial charge in [-0.3, -0.25) is 9.71 Å². The van der Waals surface area contributed by atoms with Gasteiger partial charge in [0.1, 0.15) is 26.9 Å². The molecule has 2 aromatic carbocycles. The van der Waals surface area contributed by atoms with Crippen LogP contribution in [0, 0.1) is 6.92 Å². The summed E-state index contributed by atoms with van der Waals surface area (Å²) >= 11 is 12.3. The molecule has 3 rings (SSSR count). The van der Waals surface area contributed by atoms with E-state index in [-0.39, 0.29) is 20.7 Å². The second-order valence-corrected chi connectivity index (χ2v) is 8.08. The Morgan fingerprint density at radius 3 is 2.37 bits per heavy atom. The summed E-state index contributed by atoms with van der Waals surface area (Å²) in [5, 5.41) is 0.519. The van der Waals surface area contributed by atoms with Crippen LogP contribution in [0.15, 0.2) is 41.4 Å². The van der Waals surface area contributed by atoms with Gasteiger partial charge in [-0.2, -0.15) is 0 Å². The zero-order valence-corrected chi connectivity index (χ0v) is 17.0. The van der Waals surface area contributed by atoms with Gasteiger partial charge in [-0.15, -0.1) is 0 Å². The van der Waals surface area contributed by atoms with Crippen LogP contribution in [0.4, 0.5) is 5.69 Å². The normalized spacial score (nSPS) is 11.4. The molecule has 0 aliphatic rings. The Kier molecular flexibility index (Phi) is 5.37. The molecule has 0 unspecified atom stereocenters. The maximum absolute atomic E-state index is 13.0. The van der Waals surface area contributed by atoms with E-state index in [9.17, 15) is 8.42 Å². The molecule has 1 N–H and O–H groups in total. The average Bonchev–Trinajstić information content (AvgIpc) is 2.65. The fourth-order valence-electron chi connectivity index (χ4n) is 2.66. The lowest BCUT2D eigenvalue weighted by Gasteiger charge is -2.16. The first kappa shape index (κ1) is 19.5. The summed E-state index contributed by atoms with van der Waals surface area (Å²) < 4.78 is 38.9. The predicted molar refractivity (Wildman–Crippen MR) is 107 cm³/mol. The highest BCUT2D eigenvalue weighted by molar-refractivity contribution is 7.92. The minimum Gasteiger partial charge on any atom is -0.495 e. The lowest BCUT2D eigenvalue weighted by atomic mass is 10.1. The fraction of sp³-hybridized carbons (Fsp3) is 0.167. The van der Waals surface area contributed by atoms with Crippen LogP contribution in [0.5, 0.6) is 11.5 Å². The predicted octanol–water partition coefficient (Wildman–Crippen LogP) is 4.67. The Hall–Kier alpha value is -2.22. The molecule has 0 fully saturated rings. The zero-order valence-electron chi connectivity index (χ0n) is 14.7. The molecular weight excluding hydrogens is 411 g/mol. The number of fused-ring (bicyclic) bond motifs is 1. The number of halogens is 2. The van der Waals surface area contributed by atoms with Gasteiger partial charge in [0, 0.05) is 11.6 Å². The van der Waals surface area contributed by atoms with Crippen molar-refractivity contribution < 1.29 is 17.9 Å². The third-order valence-corrected chi connectivity index (χ3v) is 6.40. The number of methoxy groups -OCH3 is 2. The third-order valence-electron chi connectivity index (χ3n) is 4.03. The van der Waals surface area contributed by atoms with Gasteiger partial charge in [-0.05, 0) is 30.7 Å². The summed E-state index contributed by atoms with van der Waals surface area (Å²) in [6.45, 7) is 1.76. The molecule has 0 aliphatic carbocycles. The number of sulfonamides is 1. The third kappa shape index (κ3) is 3.50. The number of aryl methyl sites for hydroxylation is 1. The van der Waals surface area contributed by atoms with Gasteiger partial charge in [-0.25, -0.2) is 8.42 Å². The molecule has 142 valence electrons. The Morgan fingerprint density at radius 1 is 1.00 bits per heavy atom. The van der Waals surface area contributed by atoms with Crippen LogP contribution in [-0.4, -0.2) is 27.6 Å². The topological polar surface area (TPSA) is 77.5 Å². The molecule has 0 atom stereocenters. The molecule has 27 heavy (non-hydrogen) atoms. The highest BCUT2D eigenvalue weighted by Gasteiger charge is 2.24. The van der Waals surface area contributed by atoms with Crippen molar-refractivity contribution in [3.8, 4) is 11.5 Å². The minimum absolute atomic E-state index is 0.0278. The van der Waals surface area contributed by atoms with Crippen molar-refractivity contribution in [3.63, 3.8) is 0 Å². The number of benzene rings is 2. The molecule has 1 heterocycles. The molecule has 0 saturated heterocycles. The van der Waals surface area contributed by atoms with Crippen LogP contribution in [0.25, 0.3) is 10.9 Å². The number of ether oxygens (including phenoxy) is 2. The van der Waals surface area contributed by atoms with E-state index in [1.54, 1.807) is 31.3 Å². The highest BCUT2D eigenvalue weighted by atomic mass is 35.5. The Morgan fingerprint density at radius 2 is 1.70 bits per heavy atom. The standard InChI is InChI=1S/C18H16Cl2N2O4S/c1-10-9-21-18-11(5-4-6-13(18)26-3)17(10)22-27(23,24)14-8-7-12(25-2)15(19)16(14)20/h4-9H,1-3H3,(H,21,22). The van der Waals surface area contributed by atoms with Crippen molar-refractivity contribution >= 4 is 49.8 Å². The van der Waals surface area contributed by atoms with E-state index in [0.717, 1.165) is 0 Å². The Labute approximate surface area is 167 Å². The smallest absolute Gasteiger partial charge is 0.263 e. The molecule has 0 aliphatic heterocycles. The summed E-state index contributed by atoms with van der Waals surface area (Å²) in [7, 11) is -1.07. The number of pyridine rings is 1. The first-order chi connectivity index (χ1) is 12.8. The van der Waals surface area contributed by atoms with E-state index in [1.807, 2.05) is 0 Å². The number of para-hydroxylation sites is 1. The number of nitrogens with zero attached hydrogens (tertiary/aromatic N) is 1. The number of anilines is 1. The van der Waals surface area contributed by atoms with E-state index in [2.05, 4.69) is 9.71 Å². The number of rotatable bonds is 5. The molecule has 0 amide bonds. The maximum Gasteiger partial charge on any atom is 0.263 e. The van der Waals surface area contributed by atoms with Crippen LogP contribution in [0.3, 0.4) is 0 Å². The van der Waals surface area contributed by atoms with Crippen molar-refractivity contribution in [2.24, 2.45) is 0 Å².